The Labute approximate surface area is 273 Å². The summed E-state index contributed by atoms with van der Waals surface area (Å²) >= 11 is 13.3. The van der Waals surface area contributed by atoms with Crippen molar-refractivity contribution in [1.82, 2.24) is 0 Å². The van der Waals surface area contributed by atoms with Gasteiger partial charge in [0.25, 0.3) is 0 Å². The number of carbonyl (C=O) groups is 1. The van der Waals surface area contributed by atoms with Crippen LogP contribution in [0.25, 0.3) is 0 Å². The lowest BCUT2D eigenvalue weighted by Gasteiger charge is -2.33. The number of aryl methyl sites for hydroxylation is 1. The fraction of sp³-hybridized carbons (Fsp3) is 0.257. The van der Waals surface area contributed by atoms with Gasteiger partial charge in [0.05, 0.1) is 36.7 Å². The average Bonchev–Trinajstić information content (AvgIpc) is 3.46. The summed E-state index contributed by atoms with van der Waals surface area (Å²) < 4.78 is 17.5. The Balaban J connectivity index is 1.41. The molecule has 0 aromatic heterocycles. The molecule has 2 heterocycles. The van der Waals surface area contributed by atoms with Crippen LogP contribution in [0.3, 0.4) is 0 Å². The third kappa shape index (κ3) is 6.45. The standard InChI is InChI=1S/C35H34Cl2N4O4/c1-23-8-11-27(12-9-23)41-35(25-10-15-32(33(20-25)43-3)45-22-26-6-4-5-7-29(26)36)40(34(38-41)24(2)42)28-13-14-31(30(37)21-28)39-16-18-44-19-17-39/h4-15,20-21,35H,16-19,22H2,1-3H3/t35-/m1/s1. The summed E-state index contributed by atoms with van der Waals surface area (Å²) in [5.74, 6) is 1.24. The highest BCUT2D eigenvalue weighted by atomic mass is 35.5. The predicted octanol–water partition coefficient (Wildman–Crippen LogP) is 7.65. The molecule has 2 aliphatic rings. The molecule has 45 heavy (non-hydrogen) atoms. The van der Waals surface area contributed by atoms with Crippen LogP contribution in [-0.2, 0) is 16.1 Å². The minimum absolute atomic E-state index is 0.172. The number of rotatable bonds is 9. The van der Waals surface area contributed by atoms with Crippen molar-refractivity contribution in [3.63, 3.8) is 0 Å². The van der Waals surface area contributed by atoms with Crippen LogP contribution in [0, 0.1) is 6.92 Å². The van der Waals surface area contributed by atoms with Crippen molar-refractivity contribution in [3.8, 4) is 11.5 Å². The second-order valence-electron chi connectivity index (χ2n) is 10.9. The smallest absolute Gasteiger partial charge is 0.198 e. The fourth-order valence-corrected chi connectivity index (χ4v) is 6.05. The first-order valence-electron chi connectivity index (χ1n) is 14.7. The van der Waals surface area contributed by atoms with Gasteiger partial charge in [0.1, 0.15) is 6.61 Å². The number of ether oxygens (including phenoxy) is 3. The number of amidine groups is 1. The number of nitrogens with zero attached hydrogens (tertiary/aromatic N) is 4. The van der Waals surface area contributed by atoms with E-state index in [2.05, 4.69) is 4.90 Å². The summed E-state index contributed by atoms with van der Waals surface area (Å²) in [7, 11) is 1.60. The number of carbonyl (C=O) groups excluding carboxylic acids is 1. The largest absolute Gasteiger partial charge is 0.493 e. The molecule has 1 saturated heterocycles. The van der Waals surface area contributed by atoms with Gasteiger partial charge in [-0.1, -0.05) is 65.2 Å². The summed E-state index contributed by atoms with van der Waals surface area (Å²) in [5, 5.41) is 7.96. The minimum Gasteiger partial charge on any atom is -0.493 e. The molecule has 0 radical (unpaired) electrons. The Hall–Kier alpha value is -4.24. The maximum Gasteiger partial charge on any atom is 0.198 e. The molecule has 0 spiro atoms. The molecule has 0 unspecified atom stereocenters. The summed E-state index contributed by atoms with van der Waals surface area (Å²) in [5.41, 5.74) is 5.33. The van der Waals surface area contributed by atoms with Gasteiger partial charge in [-0.3, -0.25) is 9.69 Å². The van der Waals surface area contributed by atoms with Crippen LogP contribution in [-0.4, -0.2) is 45.0 Å². The first-order valence-corrected chi connectivity index (χ1v) is 15.5. The second kappa shape index (κ2) is 13.4. The van der Waals surface area contributed by atoms with E-state index in [0.717, 1.165) is 46.8 Å². The van der Waals surface area contributed by atoms with Crippen molar-refractivity contribution >= 4 is 51.9 Å². The number of Topliss-reactive ketones (excluding diaryl/α,β-unsaturated/α-hetero) is 1. The quantitative estimate of drug-likeness (QED) is 0.185. The highest BCUT2D eigenvalue weighted by Gasteiger charge is 2.40. The normalized spacial score (nSPS) is 16.5. The van der Waals surface area contributed by atoms with Crippen LogP contribution >= 0.6 is 23.2 Å². The van der Waals surface area contributed by atoms with Gasteiger partial charge in [-0.15, -0.1) is 5.10 Å². The van der Waals surface area contributed by atoms with E-state index in [1.165, 1.54) is 6.92 Å². The van der Waals surface area contributed by atoms with Crippen LogP contribution in [0.15, 0.2) is 90.0 Å². The van der Waals surface area contributed by atoms with Crippen molar-refractivity contribution in [2.45, 2.75) is 26.6 Å². The van der Waals surface area contributed by atoms with Crippen molar-refractivity contribution in [2.75, 3.05) is 48.2 Å². The zero-order chi connectivity index (χ0) is 31.5. The van der Waals surface area contributed by atoms with E-state index in [1.807, 2.05) is 102 Å². The van der Waals surface area contributed by atoms with E-state index in [-0.39, 0.29) is 12.4 Å². The summed E-state index contributed by atoms with van der Waals surface area (Å²) in [4.78, 5) is 17.3. The number of hydrogen-bond donors (Lipinski definition) is 0. The highest BCUT2D eigenvalue weighted by Crippen LogP contribution is 2.43. The molecule has 6 rings (SSSR count). The summed E-state index contributed by atoms with van der Waals surface area (Å²) in [6, 6.07) is 27.3. The van der Waals surface area contributed by atoms with Gasteiger partial charge >= 0.3 is 0 Å². The van der Waals surface area contributed by atoms with E-state index in [4.69, 9.17) is 42.5 Å². The highest BCUT2D eigenvalue weighted by molar-refractivity contribution is 6.44. The van der Waals surface area contributed by atoms with E-state index in [1.54, 1.807) is 7.11 Å². The summed E-state index contributed by atoms with van der Waals surface area (Å²) in [6.45, 7) is 6.67. The average molecular weight is 646 g/mol. The maximum absolute atomic E-state index is 13.2. The van der Waals surface area contributed by atoms with Gasteiger partial charge in [0.15, 0.2) is 29.3 Å². The molecule has 0 aliphatic carbocycles. The fourth-order valence-electron chi connectivity index (χ4n) is 5.56. The topological polar surface area (TPSA) is 66.8 Å². The molecule has 4 aromatic carbocycles. The van der Waals surface area contributed by atoms with Gasteiger partial charge in [-0.05, 0) is 55.5 Å². The van der Waals surface area contributed by atoms with Gasteiger partial charge < -0.3 is 19.1 Å². The minimum atomic E-state index is -0.525. The Morgan fingerprint density at radius 2 is 1.64 bits per heavy atom. The molecular weight excluding hydrogens is 611 g/mol. The number of hydrogen-bond acceptors (Lipinski definition) is 8. The predicted molar refractivity (Wildman–Crippen MR) is 180 cm³/mol. The monoisotopic (exact) mass is 644 g/mol. The molecule has 2 aliphatic heterocycles. The van der Waals surface area contributed by atoms with Gasteiger partial charge in [-0.25, -0.2) is 5.01 Å². The van der Waals surface area contributed by atoms with Crippen LogP contribution in [0.1, 0.15) is 29.8 Å². The van der Waals surface area contributed by atoms with Gasteiger partial charge in [-0.2, -0.15) is 0 Å². The molecule has 1 atom stereocenters. The SMILES string of the molecule is COc1cc([C@H]2N(c3ccc(C)cc3)N=C(C(C)=O)N2c2ccc(N3CCOCC3)c(Cl)c2)ccc1OCc1ccccc1Cl. The maximum atomic E-state index is 13.2. The van der Waals surface area contributed by atoms with Crippen LogP contribution in [0.2, 0.25) is 10.0 Å². The van der Waals surface area contributed by atoms with Crippen LogP contribution < -0.4 is 24.3 Å². The molecule has 1 fully saturated rings. The zero-order valence-corrected chi connectivity index (χ0v) is 26.9. The molecule has 4 aromatic rings. The molecule has 0 saturated carbocycles. The first-order chi connectivity index (χ1) is 21.8. The molecule has 10 heteroatoms. The van der Waals surface area contributed by atoms with Crippen molar-refractivity contribution < 1.29 is 19.0 Å². The Bertz CT molecular complexity index is 1720. The second-order valence-corrected chi connectivity index (χ2v) is 11.7. The molecule has 0 amide bonds. The molecule has 8 nitrogen and oxygen atoms in total. The molecule has 232 valence electrons. The number of benzene rings is 4. The van der Waals surface area contributed by atoms with Crippen molar-refractivity contribution in [2.24, 2.45) is 5.10 Å². The van der Waals surface area contributed by atoms with Crippen LogP contribution in [0.5, 0.6) is 11.5 Å². The number of anilines is 3. The Kier molecular flexibility index (Phi) is 9.16. The van der Waals surface area contributed by atoms with E-state index in [0.29, 0.717) is 40.6 Å². The van der Waals surface area contributed by atoms with Crippen molar-refractivity contribution in [1.29, 1.82) is 0 Å². The first kappa shape index (κ1) is 30.8. The Morgan fingerprint density at radius 3 is 2.33 bits per heavy atom. The number of hydrazone groups is 1. The van der Waals surface area contributed by atoms with Crippen molar-refractivity contribution in [3.05, 3.63) is 112 Å². The number of ketones is 1. The van der Waals surface area contributed by atoms with Crippen LogP contribution in [0.4, 0.5) is 17.1 Å². The summed E-state index contributed by atoms with van der Waals surface area (Å²) in [6.07, 6.45) is -0.525. The van der Waals surface area contributed by atoms with Gasteiger partial charge in [0, 0.05) is 41.9 Å². The lowest BCUT2D eigenvalue weighted by molar-refractivity contribution is -0.111. The molecule has 0 bridgehead atoms. The van der Waals surface area contributed by atoms with E-state index < -0.39 is 6.17 Å². The van der Waals surface area contributed by atoms with E-state index in [9.17, 15) is 4.79 Å². The van der Waals surface area contributed by atoms with Gasteiger partial charge in [0.2, 0.25) is 0 Å². The Morgan fingerprint density at radius 1 is 0.911 bits per heavy atom. The molecular formula is C35H34Cl2N4O4. The number of halogens is 2. The van der Waals surface area contributed by atoms with E-state index >= 15 is 0 Å². The number of morpholine rings is 1. The lowest BCUT2D eigenvalue weighted by atomic mass is 10.1. The zero-order valence-electron chi connectivity index (χ0n) is 25.4. The lowest BCUT2D eigenvalue weighted by Crippen LogP contribution is -2.38. The molecule has 0 N–H and O–H groups in total. The third-order valence-electron chi connectivity index (χ3n) is 7.91. The third-order valence-corrected chi connectivity index (χ3v) is 8.58. The number of methoxy groups -OCH3 is 1.